The molecule has 3 N–H and O–H groups in total. The number of carbonyl (C=O) groups excluding carboxylic acids is 1. The number of nitrogens with two attached hydrogens (primary N) is 1. The van der Waals surface area contributed by atoms with Crippen LogP contribution in [0, 0.1) is 0 Å². The SMILES string of the molecule is CC[C@H](NC(=O)c1cnn(C)c1N)c1ccc2c(c1)CC(C)(C)O2. The van der Waals surface area contributed by atoms with Gasteiger partial charge in [-0.05, 0) is 43.5 Å². The van der Waals surface area contributed by atoms with Gasteiger partial charge in [-0.3, -0.25) is 9.48 Å². The molecule has 6 heteroatoms. The summed E-state index contributed by atoms with van der Waals surface area (Å²) in [4.78, 5) is 12.5. The minimum atomic E-state index is -0.204. The number of benzene rings is 1. The molecule has 2 heterocycles. The average Bonchev–Trinajstić information content (AvgIpc) is 3.02. The van der Waals surface area contributed by atoms with E-state index in [1.165, 1.54) is 16.4 Å². The molecule has 0 aliphatic carbocycles. The zero-order chi connectivity index (χ0) is 17.5. The fraction of sp³-hybridized carbons (Fsp3) is 0.444. The molecule has 1 aliphatic rings. The lowest BCUT2D eigenvalue weighted by molar-refractivity contribution is 0.0936. The Balaban J connectivity index is 1.80. The molecule has 1 atom stereocenters. The molecule has 1 aliphatic heterocycles. The number of nitrogen functional groups attached to an aromatic ring is 1. The lowest BCUT2D eigenvalue weighted by Gasteiger charge is -2.18. The summed E-state index contributed by atoms with van der Waals surface area (Å²) in [5.74, 6) is 1.09. The monoisotopic (exact) mass is 328 g/mol. The standard InChI is InChI=1S/C18H24N4O2/c1-5-14(21-17(23)13-10-20-22(4)16(13)19)11-6-7-15-12(8-11)9-18(2,3)24-15/h6-8,10,14H,5,9,19H2,1-4H3,(H,21,23)/t14-/m0/s1. The van der Waals surface area contributed by atoms with Crippen molar-refractivity contribution in [2.45, 2.75) is 45.3 Å². The van der Waals surface area contributed by atoms with Crippen LogP contribution in [-0.4, -0.2) is 21.3 Å². The second-order valence-corrected chi connectivity index (χ2v) is 6.91. The summed E-state index contributed by atoms with van der Waals surface area (Å²) in [5.41, 5.74) is 8.38. The normalized spacial score (nSPS) is 16.3. The second-order valence-electron chi connectivity index (χ2n) is 6.91. The third-order valence-electron chi connectivity index (χ3n) is 4.43. The first-order valence-electron chi connectivity index (χ1n) is 8.21. The molecule has 0 radical (unpaired) electrons. The van der Waals surface area contributed by atoms with Gasteiger partial charge in [-0.2, -0.15) is 5.10 Å². The predicted octanol–water partition coefficient (Wildman–Crippen LogP) is 2.60. The van der Waals surface area contributed by atoms with E-state index in [9.17, 15) is 4.79 Å². The van der Waals surface area contributed by atoms with E-state index < -0.39 is 0 Å². The second kappa shape index (κ2) is 5.85. The van der Waals surface area contributed by atoms with E-state index in [2.05, 4.69) is 30.3 Å². The number of ether oxygens (including phenoxy) is 1. The molecule has 0 unspecified atom stereocenters. The Bertz CT molecular complexity index is 779. The summed E-state index contributed by atoms with van der Waals surface area (Å²) in [6, 6.07) is 6.06. The largest absolute Gasteiger partial charge is 0.487 e. The van der Waals surface area contributed by atoms with Crippen LogP contribution < -0.4 is 15.8 Å². The third kappa shape index (κ3) is 2.96. The molecule has 1 aromatic heterocycles. The highest BCUT2D eigenvalue weighted by atomic mass is 16.5. The van der Waals surface area contributed by atoms with Crippen molar-refractivity contribution >= 4 is 11.7 Å². The average molecular weight is 328 g/mol. The van der Waals surface area contributed by atoms with E-state index in [1.807, 2.05) is 19.1 Å². The molecule has 0 bridgehead atoms. The van der Waals surface area contributed by atoms with Crippen LogP contribution in [0.25, 0.3) is 0 Å². The van der Waals surface area contributed by atoms with Crippen molar-refractivity contribution in [3.63, 3.8) is 0 Å². The van der Waals surface area contributed by atoms with Gasteiger partial charge in [-0.25, -0.2) is 0 Å². The molecular weight excluding hydrogens is 304 g/mol. The van der Waals surface area contributed by atoms with Gasteiger partial charge in [0.2, 0.25) is 0 Å². The number of amides is 1. The molecule has 0 spiro atoms. The summed E-state index contributed by atoms with van der Waals surface area (Å²) in [6.45, 7) is 6.21. The number of aromatic nitrogens is 2. The van der Waals surface area contributed by atoms with E-state index in [1.54, 1.807) is 7.05 Å². The van der Waals surface area contributed by atoms with Crippen molar-refractivity contribution in [2.75, 3.05) is 5.73 Å². The number of nitrogens with zero attached hydrogens (tertiary/aromatic N) is 2. The van der Waals surface area contributed by atoms with E-state index >= 15 is 0 Å². The molecule has 128 valence electrons. The highest BCUT2D eigenvalue weighted by molar-refractivity contribution is 5.98. The molecule has 0 fully saturated rings. The van der Waals surface area contributed by atoms with E-state index in [0.29, 0.717) is 11.4 Å². The Labute approximate surface area is 142 Å². The number of fused-ring (bicyclic) bond motifs is 1. The molecule has 0 saturated heterocycles. The Morgan fingerprint density at radius 2 is 2.25 bits per heavy atom. The maximum absolute atomic E-state index is 12.5. The van der Waals surface area contributed by atoms with Crippen LogP contribution >= 0.6 is 0 Å². The lowest BCUT2D eigenvalue weighted by Crippen LogP contribution is -2.28. The van der Waals surface area contributed by atoms with Crippen molar-refractivity contribution in [3.05, 3.63) is 41.1 Å². The van der Waals surface area contributed by atoms with Gasteiger partial charge in [0.25, 0.3) is 5.91 Å². The van der Waals surface area contributed by atoms with Gasteiger partial charge >= 0.3 is 0 Å². The van der Waals surface area contributed by atoms with Crippen LogP contribution in [0.15, 0.2) is 24.4 Å². The van der Waals surface area contributed by atoms with Crippen LogP contribution in [0.4, 0.5) is 5.82 Å². The van der Waals surface area contributed by atoms with Crippen LogP contribution in [0.5, 0.6) is 5.75 Å². The first-order chi connectivity index (χ1) is 11.3. The summed E-state index contributed by atoms with van der Waals surface area (Å²) in [6.07, 6.45) is 3.15. The maximum Gasteiger partial charge on any atom is 0.257 e. The quantitative estimate of drug-likeness (QED) is 0.904. The van der Waals surface area contributed by atoms with Crippen molar-refractivity contribution in [3.8, 4) is 5.75 Å². The smallest absolute Gasteiger partial charge is 0.257 e. The Morgan fingerprint density at radius 1 is 1.50 bits per heavy atom. The number of hydrogen-bond acceptors (Lipinski definition) is 4. The summed E-state index contributed by atoms with van der Waals surface area (Å²) in [7, 11) is 1.71. The summed E-state index contributed by atoms with van der Waals surface area (Å²) in [5, 5.41) is 7.07. The van der Waals surface area contributed by atoms with E-state index in [0.717, 1.165) is 24.2 Å². The summed E-state index contributed by atoms with van der Waals surface area (Å²) < 4.78 is 7.41. The van der Waals surface area contributed by atoms with Crippen LogP contribution in [0.2, 0.25) is 0 Å². The van der Waals surface area contributed by atoms with Gasteiger partial charge in [0, 0.05) is 13.5 Å². The van der Waals surface area contributed by atoms with Gasteiger partial charge in [0.05, 0.1) is 12.2 Å². The fourth-order valence-electron chi connectivity index (χ4n) is 3.13. The minimum Gasteiger partial charge on any atom is -0.487 e. The number of hydrogen-bond donors (Lipinski definition) is 2. The molecule has 24 heavy (non-hydrogen) atoms. The highest BCUT2D eigenvalue weighted by Gasteiger charge is 2.30. The number of rotatable bonds is 4. The van der Waals surface area contributed by atoms with Crippen molar-refractivity contribution in [2.24, 2.45) is 7.05 Å². The Hall–Kier alpha value is -2.50. The van der Waals surface area contributed by atoms with Crippen LogP contribution in [0.1, 0.15) is 54.7 Å². The topological polar surface area (TPSA) is 82.2 Å². The molecule has 2 aromatic rings. The molecule has 6 nitrogen and oxygen atoms in total. The summed E-state index contributed by atoms with van der Waals surface area (Å²) >= 11 is 0. The number of carbonyl (C=O) groups is 1. The van der Waals surface area contributed by atoms with Crippen LogP contribution in [-0.2, 0) is 13.5 Å². The Kier molecular flexibility index (Phi) is 3.99. The fourth-order valence-corrected chi connectivity index (χ4v) is 3.13. The van der Waals surface area contributed by atoms with Gasteiger partial charge in [0.15, 0.2) is 0 Å². The molecule has 1 aromatic carbocycles. The minimum absolute atomic E-state index is 0.0777. The first kappa shape index (κ1) is 16.4. The third-order valence-corrected chi connectivity index (χ3v) is 4.43. The zero-order valence-corrected chi connectivity index (χ0v) is 14.6. The maximum atomic E-state index is 12.5. The number of nitrogens with one attached hydrogen (secondary N) is 1. The van der Waals surface area contributed by atoms with Crippen molar-refractivity contribution < 1.29 is 9.53 Å². The molecule has 3 rings (SSSR count). The van der Waals surface area contributed by atoms with Gasteiger partial charge < -0.3 is 15.8 Å². The zero-order valence-electron chi connectivity index (χ0n) is 14.6. The van der Waals surface area contributed by atoms with Crippen LogP contribution in [0.3, 0.4) is 0 Å². The van der Waals surface area contributed by atoms with Gasteiger partial charge in [0.1, 0.15) is 22.7 Å². The molecule has 0 saturated carbocycles. The Morgan fingerprint density at radius 3 is 2.88 bits per heavy atom. The molecular formula is C18H24N4O2. The van der Waals surface area contributed by atoms with Crippen molar-refractivity contribution in [1.29, 1.82) is 0 Å². The highest BCUT2D eigenvalue weighted by Crippen LogP contribution is 2.36. The first-order valence-corrected chi connectivity index (χ1v) is 8.21. The number of anilines is 1. The van der Waals surface area contributed by atoms with E-state index in [-0.39, 0.29) is 17.6 Å². The van der Waals surface area contributed by atoms with Gasteiger partial charge in [-0.15, -0.1) is 0 Å². The van der Waals surface area contributed by atoms with Gasteiger partial charge in [-0.1, -0.05) is 13.0 Å². The predicted molar refractivity (Wildman–Crippen MR) is 93.0 cm³/mol. The number of aryl methyl sites for hydroxylation is 1. The lowest BCUT2D eigenvalue weighted by atomic mass is 9.97. The molecule has 1 amide bonds. The van der Waals surface area contributed by atoms with E-state index in [4.69, 9.17) is 10.5 Å². The van der Waals surface area contributed by atoms with Crippen molar-refractivity contribution in [1.82, 2.24) is 15.1 Å².